The number of nitrogens with zero attached hydrogens (tertiary/aromatic N) is 2. The number of benzene rings is 1. The van der Waals surface area contributed by atoms with E-state index in [1.807, 2.05) is 23.2 Å². The van der Waals surface area contributed by atoms with Crippen LogP contribution in [0.5, 0.6) is 5.75 Å². The van der Waals surface area contributed by atoms with Crippen molar-refractivity contribution < 1.29 is 14.3 Å². The van der Waals surface area contributed by atoms with Gasteiger partial charge < -0.3 is 15.4 Å². The van der Waals surface area contributed by atoms with Gasteiger partial charge in [-0.1, -0.05) is 17.7 Å². The van der Waals surface area contributed by atoms with E-state index in [0.717, 1.165) is 31.2 Å². The number of nitrogens with one attached hydrogen (secondary N) is 1. The molecule has 0 unspecified atom stereocenters. The highest BCUT2D eigenvalue weighted by Crippen LogP contribution is 2.35. The lowest BCUT2D eigenvalue weighted by Crippen LogP contribution is -2.50. The highest BCUT2D eigenvalue weighted by Gasteiger charge is 2.39. The number of H-pyrrole nitrogens is 1. The summed E-state index contributed by atoms with van der Waals surface area (Å²) in [7, 11) is 0. The number of aryl methyl sites for hydroxylation is 1. The molecule has 1 aliphatic heterocycles. The van der Waals surface area contributed by atoms with E-state index in [9.17, 15) is 9.59 Å². The van der Waals surface area contributed by atoms with Crippen molar-refractivity contribution in [1.29, 1.82) is 0 Å². The maximum absolute atomic E-state index is 12.7. The summed E-state index contributed by atoms with van der Waals surface area (Å²) in [6.07, 6.45) is 7.44. The lowest BCUT2D eigenvalue weighted by Gasteiger charge is -2.42. The Balaban J connectivity index is 1.60. The maximum Gasteiger partial charge on any atom is 0.222 e. The molecule has 1 atom stereocenters. The minimum absolute atomic E-state index is 0.102. The number of halogens is 1. The predicted molar refractivity (Wildman–Crippen MR) is 111 cm³/mol. The van der Waals surface area contributed by atoms with Crippen molar-refractivity contribution >= 4 is 23.4 Å². The molecule has 2 amide bonds. The number of piperidine rings is 1. The number of ether oxygens (including phenoxy) is 1. The average Bonchev–Trinajstić information content (AvgIpc) is 3.20. The quantitative estimate of drug-likeness (QED) is 0.653. The van der Waals surface area contributed by atoms with Gasteiger partial charge in [0.15, 0.2) is 0 Å². The van der Waals surface area contributed by atoms with E-state index >= 15 is 0 Å². The first-order chi connectivity index (χ1) is 14.0. The molecule has 156 valence electrons. The van der Waals surface area contributed by atoms with Gasteiger partial charge in [0.2, 0.25) is 11.8 Å². The number of carbonyl (C=O) groups excluding carboxylic acids is 2. The topological polar surface area (TPSA) is 101 Å². The zero-order valence-corrected chi connectivity index (χ0v) is 17.2. The zero-order chi connectivity index (χ0) is 20.7. The van der Waals surface area contributed by atoms with Crippen molar-refractivity contribution in [1.82, 2.24) is 15.1 Å². The second-order valence-electron chi connectivity index (χ2n) is 7.77. The molecule has 1 aromatic heterocycles. The van der Waals surface area contributed by atoms with Crippen molar-refractivity contribution in [2.45, 2.75) is 38.5 Å². The van der Waals surface area contributed by atoms with Gasteiger partial charge in [0, 0.05) is 42.6 Å². The number of likely N-dealkylation sites (tertiary alicyclic amines) is 1. The molecule has 0 spiro atoms. The van der Waals surface area contributed by atoms with E-state index in [1.54, 1.807) is 18.3 Å². The summed E-state index contributed by atoms with van der Waals surface area (Å²) in [5.74, 6) is 0.364. The van der Waals surface area contributed by atoms with Gasteiger partial charge in [0.05, 0.1) is 12.8 Å². The number of hydrogen-bond acceptors (Lipinski definition) is 4. The second kappa shape index (κ2) is 9.78. The van der Waals surface area contributed by atoms with Crippen LogP contribution in [0.2, 0.25) is 5.02 Å². The summed E-state index contributed by atoms with van der Waals surface area (Å²) < 4.78 is 5.95. The number of hydrogen-bond donors (Lipinski definition) is 2. The minimum Gasteiger partial charge on any atom is -0.493 e. The molecule has 7 nitrogen and oxygen atoms in total. The van der Waals surface area contributed by atoms with Crippen LogP contribution in [0.15, 0.2) is 36.7 Å². The SMILES string of the molecule is NC(=O)C[C@]1(COc2cccc(Cl)c2)CCCN(C(=O)CCCc2cn[nH]c2)C1. The summed E-state index contributed by atoms with van der Waals surface area (Å²) in [6, 6.07) is 7.15. The summed E-state index contributed by atoms with van der Waals surface area (Å²) in [4.78, 5) is 26.3. The number of aromatic nitrogens is 2. The molecule has 0 bridgehead atoms. The fraction of sp³-hybridized carbons (Fsp3) is 0.476. The lowest BCUT2D eigenvalue weighted by molar-refractivity contribution is -0.137. The van der Waals surface area contributed by atoms with Crippen molar-refractivity contribution in [3.8, 4) is 5.75 Å². The van der Waals surface area contributed by atoms with Crippen LogP contribution in [-0.2, 0) is 16.0 Å². The third-order valence-electron chi connectivity index (χ3n) is 5.32. The third-order valence-corrected chi connectivity index (χ3v) is 5.55. The Kier molecular flexibility index (Phi) is 7.14. The van der Waals surface area contributed by atoms with Crippen LogP contribution in [0, 0.1) is 5.41 Å². The van der Waals surface area contributed by atoms with Crippen LogP contribution >= 0.6 is 11.6 Å². The van der Waals surface area contributed by atoms with Crippen LogP contribution in [0.25, 0.3) is 0 Å². The summed E-state index contributed by atoms with van der Waals surface area (Å²) in [5, 5.41) is 7.29. The molecule has 0 aliphatic carbocycles. The first-order valence-electron chi connectivity index (χ1n) is 9.88. The number of amides is 2. The summed E-state index contributed by atoms with van der Waals surface area (Å²) >= 11 is 6.02. The lowest BCUT2D eigenvalue weighted by atomic mass is 9.77. The van der Waals surface area contributed by atoms with E-state index in [1.165, 1.54) is 0 Å². The molecule has 3 rings (SSSR count). The normalized spacial score (nSPS) is 19.1. The summed E-state index contributed by atoms with van der Waals surface area (Å²) in [5.41, 5.74) is 6.14. The van der Waals surface area contributed by atoms with Gasteiger partial charge in [0.25, 0.3) is 0 Å². The number of carbonyl (C=O) groups is 2. The predicted octanol–water partition coefficient (Wildman–Crippen LogP) is 2.95. The number of nitrogens with two attached hydrogens (primary N) is 1. The maximum atomic E-state index is 12.7. The first kappa shape index (κ1) is 21.2. The van der Waals surface area contributed by atoms with Gasteiger partial charge in [-0.2, -0.15) is 5.10 Å². The molecule has 1 aromatic carbocycles. The van der Waals surface area contributed by atoms with E-state index in [2.05, 4.69) is 10.2 Å². The Morgan fingerprint density at radius 1 is 1.38 bits per heavy atom. The molecule has 1 saturated heterocycles. The van der Waals surface area contributed by atoms with Crippen molar-refractivity contribution in [3.05, 3.63) is 47.2 Å². The monoisotopic (exact) mass is 418 g/mol. The molecule has 0 radical (unpaired) electrons. The van der Waals surface area contributed by atoms with Crippen LogP contribution in [0.3, 0.4) is 0 Å². The minimum atomic E-state index is -0.480. The Labute approximate surface area is 175 Å². The fourth-order valence-corrected chi connectivity index (χ4v) is 4.09. The Morgan fingerprint density at radius 3 is 2.97 bits per heavy atom. The van der Waals surface area contributed by atoms with Gasteiger partial charge in [-0.15, -0.1) is 0 Å². The largest absolute Gasteiger partial charge is 0.493 e. The molecular weight excluding hydrogens is 392 g/mol. The van der Waals surface area contributed by atoms with E-state index < -0.39 is 5.41 Å². The summed E-state index contributed by atoms with van der Waals surface area (Å²) in [6.45, 7) is 1.48. The standard InChI is InChI=1S/C21H27ClN4O3/c22-17-5-2-6-18(10-17)29-15-21(11-19(23)27)8-3-9-26(14-21)20(28)7-1-4-16-12-24-25-13-16/h2,5-6,10,12-13H,1,3-4,7-9,11,14-15H2,(H2,23,27)(H,24,25)/t21-/m1/s1. The van der Waals surface area contributed by atoms with Crippen molar-refractivity contribution in [2.75, 3.05) is 19.7 Å². The van der Waals surface area contributed by atoms with Gasteiger partial charge in [-0.3, -0.25) is 14.7 Å². The molecule has 29 heavy (non-hydrogen) atoms. The van der Waals surface area contributed by atoms with Gasteiger partial charge in [0.1, 0.15) is 5.75 Å². The molecular formula is C21H27ClN4O3. The third kappa shape index (κ3) is 6.22. The van der Waals surface area contributed by atoms with Gasteiger partial charge in [-0.05, 0) is 49.4 Å². The van der Waals surface area contributed by atoms with Crippen molar-refractivity contribution in [3.63, 3.8) is 0 Å². The van der Waals surface area contributed by atoms with Crippen LogP contribution in [0.4, 0.5) is 0 Å². The highest BCUT2D eigenvalue weighted by atomic mass is 35.5. The molecule has 3 N–H and O–H groups in total. The smallest absolute Gasteiger partial charge is 0.222 e. The number of aromatic amines is 1. The Morgan fingerprint density at radius 2 is 2.24 bits per heavy atom. The van der Waals surface area contributed by atoms with E-state index in [4.69, 9.17) is 22.1 Å². The van der Waals surface area contributed by atoms with Crippen LogP contribution in [-0.4, -0.2) is 46.6 Å². The fourth-order valence-electron chi connectivity index (χ4n) is 3.91. The molecule has 2 aromatic rings. The number of rotatable bonds is 9. The second-order valence-corrected chi connectivity index (χ2v) is 8.20. The van der Waals surface area contributed by atoms with Crippen molar-refractivity contribution in [2.24, 2.45) is 11.1 Å². The van der Waals surface area contributed by atoms with Gasteiger partial charge in [-0.25, -0.2) is 0 Å². The Hall–Kier alpha value is -2.54. The molecule has 8 heteroatoms. The average molecular weight is 419 g/mol. The first-order valence-corrected chi connectivity index (χ1v) is 10.3. The van der Waals surface area contributed by atoms with Crippen LogP contribution < -0.4 is 10.5 Å². The van der Waals surface area contributed by atoms with E-state index in [-0.39, 0.29) is 18.2 Å². The highest BCUT2D eigenvalue weighted by molar-refractivity contribution is 6.30. The molecule has 0 saturated carbocycles. The van der Waals surface area contributed by atoms with Crippen LogP contribution in [0.1, 0.15) is 37.7 Å². The van der Waals surface area contributed by atoms with Gasteiger partial charge >= 0.3 is 0 Å². The number of primary amides is 1. The zero-order valence-electron chi connectivity index (χ0n) is 16.4. The molecule has 1 aliphatic rings. The van der Waals surface area contributed by atoms with E-state index in [0.29, 0.717) is 36.9 Å². The molecule has 1 fully saturated rings. The molecule has 2 heterocycles. The Bertz CT molecular complexity index is 827.